The summed E-state index contributed by atoms with van der Waals surface area (Å²) >= 11 is 1.42. The predicted molar refractivity (Wildman–Crippen MR) is 88.7 cm³/mol. The highest BCUT2D eigenvalue weighted by molar-refractivity contribution is 7.14. The minimum Gasteiger partial charge on any atom is -0.383 e. The maximum Gasteiger partial charge on any atom is 0.205 e. The Hall–Kier alpha value is -1.92. The number of hydrogen-bond donors (Lipinski definition) is 2. The summed E-state index contributed by atoms with van der Waals surface area (Å²) in [5, 5.41) is 6.61. The monoisotopic (exact) mass is 304 g/mol. The van der Waals surface area contributed by atoms with E-state index < -0.39 is 0 Å². The number of nitrogen functional groups attached to an aromatic ring is 1. The molecular weight excluding hydrogens is 284 g/mol. The second-order valence-electron chi connectivity index (χ2n) is 4.60. The van der Waals surface area contributed by atoms with E-state index in [2.05, 4.69) is 34.6 Å². The van der Waals surface area contributed by atoms with Crippen LogP contribution in [0.2, 0.25) is 0 Å². The third-order valence-corrected chi connectivity index (χ3v) is 3.52. The summed E-state index contributed by atoms with van der Waals surface area (Å²) in [5.41, 5.74) is 10.6. The van der Waals surface area contributed by atoms with Gasteiger partial charge in [0.05, 0.1) is 12.8 Å². The van der Waals surface area contributed by atoms with Gasteiger partial charge in [0.2, 0.25) is 5.13 Å². The third kappa shape index (κ3) is 5.53. The Kier molecular flexibility index (Phi) is 6.18. The van der Waals surface area contributed by atoms with Gasteiger partial charge in [-0.2, -0.15) is 5.10 Å². The number of hydrazone groups is 1. The van der Waals surface area contributed by atoms with Crippen LogP contribution in [-0.4, -0.2) is 17.8 Å². The summed E-state index contributed by atoms with van der Waals surface area (Å²) in [6, 6.07) is 8.11. The first kappa shape index (κ1) is 15.5. The molecule has 21 heavy (non-hydrogen) atoms. The highest BCUT2D eigenvalue weighted by Crippen LogP contribution is 2.16. The number of ether oxygens (including phenoxy) is 1. The van der Waals surface area contributed by atoms with Crippen molar-refractivity contribution in [3.05, 3.63) is 40.8 Å². The number of hydrogen-bond acceptors (Lipinski definition) is 6. The van der Waals surface area contributed by atoms with Crippen molar-refractivity contribution in [1.29, 1.82) is 0 Å². The van der Waals surface area contributed by atoms with Crippen molar-refractivity contribution >= 4 is 28.5 Å². The molecule has 1 heterocycles. The molecular formula is C15H20N4OS. The van der Waals surface area contributed by atoms with Crippen molar-refractivity contribution in [2.24, 2.45) is 5.10 Å². The molecule has 0 aliphatic carbocycles. The third-order valence-electron chi connectivity index (χ3n) is 2.76. The predicted octanol–water partition coefficient (Wildman–Crippen LogP) is 3.49. The fourth-order valence-corrected chi connectivity index (χ4v) is 2.25. The van der Waals surface area contributed by atoms with Gasteiger partial charge in [0, 0.05) is 12.0 Å². The van der Waals surface area contributed by atoms with E-state index in [1.54, 1.807) is 11.6 Å². The number of anilines is 2. The number of benzene rings is 1. The van der Waals surface area contributed by atoms with Gasteiger partial charge >= 0.3 is 0 Å². The van der Waals surface area contributed by atoms with Crippen LogP contribution < -0.4 is 11.2 Å². The van der Waals surface area contributed by atoms with Crippen LogP contribution in [0.3, 0.4) is 0 Å². The van der Waals surface area contributed by atoms with Gasteiger partial charge in [-0.3, -0.25) is 5.43 Å². The number of nitrogens with zero attached hydrogens (tertiary/aromatic N) is 2. The molecule has 112 valence electrons. The van der Waals surface area contributed by atoms with Crippen LogP contribution in [0.5, 0.6) is 0 Å². The fraction of sp³-hybridized carbons (Fsp3) is 0.333. The van der Waals surface area contributed by atoms with E-state index in [0.29, 0.717) is 17.6 Å². The van der Waals surface area contributed by atoms with Crippen LogP contribution in [0.4, 0.5) is 10.9 Å². The van der Waals surface area contributed by atoms with Gasteiger partial charge in [-0.05, 0) is 23.6 Å². The van der Waals surface area contributed by atoms with Crippen LogP contribution >= 0.6 is 11.3 Å². The topological polar surface area (TPSA) is 72.5 Å². The van der Waals surface area contributed by atoms with Crippen LogP contribution in [0.15, 0.2) is 34.7 Å². The van der Waals surface area contributed by atoms with E-state index in [-0.39, 0.29) is 0 Å². The first-order valence-corrected chi connectivity index (χ1v) is 7.82. The molecule has 1 aromatic carbocycles. The molecule has 2 rings (SSSR count). The van der Waals surface area contributed by atoms with Crippen molar-refractivity contribution < 1.29 is 4.74 Å². The van der Waals surface area contributed by atoms with Gasteiger partial charge in [0.25, 0.3) is 0 Å². The summed E-state index contributed by atoms with van der Waals surface area (Å²) in [6.07, 6.45) is 4.01. The highest BCUT2D eigenvalue weighted by Gasteiger charge is 1.97. The first-order valence-electron chi connectivity index (χ1n) is 6.94. The maximum absolute atomic E-state index is 5.61. The molecule has 5 nitrogen and oxygen atoms in total. The van der Waals surface area contributed by atoms with Crippen molar-refractivity contribution in [2.75, 3.05) is 17.8 Å². The largest absolute Gasteiger partial charge is 0.383 e. The van der Waals surface area contributed by atoms with E-state index in [1.807, 2.05) is 12.1 Å². The zero-order chi connectivity index (χ0) is 14.9. The Morgan fingerprint density at radius 3 is 3.14 bits per heavy atom. The molecule has 3 N–H and O–H groups in total. The van der Waals surface area contributed by atoms with Crippen molar-refractivity contribution in [2.45, 2.75) is 26.4 Å². The molecule has 0 bridgehead atoms. The Morgan fingerprint density at radius 1 is 1.48 bits per heavy atom. The van der Waals surface area contributed by atoms with Crippen molar-refractivity contribution in [3.8, 4) is 0 Å². The summed E-state index contributed by atoms with van der Waals surface area (Å²) < 4.78 is 5.61. The van der Waals surface area contributed by atoms with Gasteiger partial charge < -0.3 is 10.5 Å². The van der Waals surface area contributed by atoms with E-state index in [4.69, 9.17) is 10.5 Å². The second-order valence-corrected chi connectivity index (χ2v) is 5.46. The Morgan fingerprint density at radius 2 is 2.38 bits per heavy atom. The lowest BCUT2D eigenvalue weighted by molar-refractivity contribution is 0.118. The van der Waals surface area contributed by atoms with Gasteiger partial charge in [-0.1, -0.05) is 31.5 Å². The number of thiazole rings is 1. The van der Waals surface area contributed by atoms with Gasteiger partial charge in [-0.25, -0.2) is 4.98 Å². The van der Waals surface area contributed by atoms with Gasteiger partial charge in [0.1, 0.15) is 5.82 Å². The molecule has 0 spiro atoms. The zero-order valence-electron chi connectivity index (χ0n) is 12.1. The lowest BCUT2D eigenvalue weighted by atomic mass is 10.1. The Balaban J connectivity index is 1.85. The number of unbranched alkanes of at least 4 members (excludes halogenated alkanes) is 1. The number of nitrogens with one attached hydrogen (secondary N) is 1. The lowest BCUT2D eigenvalue weighted by Gasteiger charge is -2.04. The van der Waals surface area contributed by atoms with Crippen molar-refractivity contribution in [1.82, 2.24) is 4.98 Å². The molecule has 1 aromatic heterocycles. The standard InChI is InChI=1S/C15H20N4OS/c1-2-3-7-20-10-13-6-4-5-12(8-13)9-17-19-15-18-14(16)11-21-15/h4-6,8-9,11H,2-3,7,10,16H2,1H3,(H,18,19). The molecule has 0 unspecified atom stereocenters. The minimum atomic E-state index is 0.504. The lowest BCUT2D eigenvalue weighted by Crippen LogP contribution is -1.96. The number of nitrogens with two attached hydrogens (primary N) is 1. The number of aromatic nitrogens is 1. The first-order chi connectivity index (χ1) is 10.3. The molecule has 2 aromatic rings. The summed E-state index contributed by atoms with van der Waals surface area (Å²) in [5.74, 6) is 0.504. The van der Waals surface area contributed by atoms with Crippen molar-refractivity contribution in [3.63, 3.8) is 0 Å². The highest BCUT2D eigenvalue weighted by atomic mass is 32.1. The van der Waals surface area contributed by atoms with E-state index in [0.717, 1.165) is 30.6 Å². The molecule has 0 aliphatic rings. The van der Waals surface area contributed by atoms with E-state index in [1.165, 1.54) is 11.3 Å². The van der Waals surface area contributed by atoms with Crippen LogP contribution in [0, 0.1) is 0 Å². The summed E-state index contributed by atoms with van der Waals surface area (Å²) in [7, 11) is 0. The maximum atomic E-state index is 5.61. The second kappa shape index (κ2) is 8.39. The molecule has 0 fully saturated rings. The van der Waals surface area contributed by atoms with Gasteiger partial charge in [-0.15, -0.1) is 11.3 Å². The zero-order valence-corrected chi connectivity index (χ0v) is 12.9. The SMILES string of the molecule is CCCCOCc1cccc(C=NNc2nc(N)cs2)c1. The fourth-order valence-electron chi connectivity index (χ4n) is 1.70. The molecule has 0 saturated heterocycles. The van der Waals surface area contributed by atoms with Crippen LogP contribution in [-0.2, 0) is 11.3 Å². The van der Waals surface area contributed by atoms with Gasteiger partial charge in [0.15, 0.2) is 0 Å². The molecule has 0 saturated carbocycles. The average Bonchev–Trinajstić information content (AvgIpc) is 2.90. The average molecular weight is 304 g/mol. The number of rotatable bonds is 8. The Labute approximate surface area is 128 Å². The van der Waals surface area contributed by atoms with E-state index in [9.17, 15) is 0 Å². The van der Waals surface area contributed by atoms with Crippen LogP contribution in [0.25, 0.3) is 0 Å². The Bertz CT molecular complexity index is 583. The molecule has 6 heteroatoms. The minimum absolute atomic E-state index is 0.504. The molecule has 0 aliphatic heterocycles. The van der Waals surface area contributed by atoms with E-state index >= 15 is 0 Å². The molecule has 0 radical (unpaired) electrons. The van der Waals surface area contributed by atoms with Crippen LogP contribution in [0.1, 0.15) is 30.9 Å². The smallest absolute Gasteiger partial charge is 0.205 e. The summed E-state index contributed by atoms with van der Waals surface area (Å²) in [4.78, 5) is 4.07. The summed E-state index contributed by atoms with van der Waals surface area (Å²) in [6.45, 7) is 3.60. The molecule has 0 atom stereocenters. The normalized spacial score (nSPS) is 11.1. The molecule has 0 amide bonds. The quantitative estimate of drug-likeness (QED) is 0.445.